The molecule has 1 saturated heterocycles. The van der Waals surface area contributed by atoms with E-state index in [1.807, 2.05) is 17.0 Å². The molecule has 1 fully saturated rings. The second kappa shape index (κ2) is 4.06. The first-order valence-electron chi connectivity index (χ1n) is 6.37. The molecule has 3 rings (SSSR count). The van der Waals surface area contributed by atoms with Crippen LogP contribution in [0.4, 0.5) is 5.69 Å². The van der Waals surface area contributed by atoms with Gasteiger partial charge in [0.05, 0.1) is 0 Å². The maximum Gasteiger partial charge on any atom is 0.245 e. The van der Waals surface area contributed by atoms with Gasteiger partial charge in [0.15, 0.2) is 0 Å². The Morgan fingerprint density at radius 2 is 2.24 bits per heavy atom. The number of benzene rings is 1. The molecule has 1 aromatic rings. The van der Waals surface area contributed by atoms with E-state index in [0.717, 1.165) is 31.6 Å². The summed E-state index contributed by atoms with van der Waals surface area (Å²) in [5.74, 6) is 0.924. The Morgan fingerprint density at radius 3 is 2.94 bits per heavy atom. The van der Waals surface area contributed by atoms with Gasteiger partial charge in [0.25, 0.3) is 0 Å². The van der Waals surface area contributed by atoms with Gasteiger partial charge in [-0.3, -0.25) is 4.79 Å². The molecule has 0 bridgehead atoms. The maximum atomic E-state index is 12.3. The van der Waals surface area contributed by atoms with Gasteiger partial charge >= 0.3 is 0 Å². The highest BCUT2D eigenvalue weighted by Crippen LogP contribution is 2.27. The van der Waals surface area contributed by atoms with Crippen LogP contribution >= 0.6 is 0 Å². The fraction of sp³-hybridized carbons (Fsp3) is 0.500. The zero-order valence-corrected chi connectivity index (χ0v) is 10.1. The molecule has 17 heavy (non-hydrogen) atoms. The van der Waals surface area contributed by atoms with Crippen LogP contribution in [-0.2, 0) is 11.2 Å². The quantitative estimate of drug-likeness (QED) is 0.799. The third kappa shape index (κ3) is 1.90. The van der Waals surface area contributed by atoms with E-state index in [1.165, 1.54) is 5.56 Å². The molecule has 3 nitrogen and oxygen atoms in total. The minimum Gasteiger partial charge on any atom is -0.373 e. The third-order valence-electron chi connectivity index (χ3n) is 3.80. The second-order valence-corrected chi connectivity index (χ2v) is 5.24. The lowest BCUT2D eigenvalue weighted by Crippen LogP contribution is -2.40. The Labute approximate surface area is 102 Å². The highest BCUT2D eigenvalue weighted by molar-refractivity contribution is 5.87. The molecule has 1 aromatic carbocycles. The Bertz CT molecular complexity index is 419. The summed E-state index contributed by atoms with van der Waals surface area (Å²) in [6, 6.07) is 8.15. The van der Waals surface area contributed by atoms with Crippen molar-refractivity contribution in [2.45, 2.75) is 25.8 Å². The summed E-state index contributed by atoms with van der Waals surface area (Å²) in [5.41, 5.74) is 2.39. The zero-order chi connectivity index (χ0) is 11.8. The molecule has 2 atom stereocenters. The second-order valence-electron chi connectivity index (χ2n) is 5.24. The number of hydrogen-bond donors (Lipinski definition) is 1. The molecule has 1 N–H and O–H groups in total. The van der Waals surface area contributed by atoms with E-state index >= 15 is 0 Å². The average molecular weight is 230 g/mol. The van der Waals surface area contributed by atoms with Gasteiger partial charge < -0.3 is 10.2 Å². The van der Waals surface area contributed by atoms with E-state index in [2.05, 4.69) is 24.4 Å². The molecule has 0 aliphatic carbocycles. The molecule has 0 spiro atoms. The van der Waals surface area contributed by atoms with E-state index in [-0.39, 0.29) is 11.9 Å². The number of anilines is 1. The van der Waals surface area contributed by atoms with Crippen molar-refractivity contribution in [2.75, 3.05) is 18.4 Å². The van der Waals surface area contributed by atoms with Crippen molar-refractivity contribution in [2.24, 2.45) is 5.92 Å². The lowest BCUT2D eigenvalue weighted by molar-refractivity contribution is -0.130. The molecule has 1 amide bonds. The molecule has 1 unspecified atom stereocenters. The van der Waals surface area contributed by atoms with Gasteiger partial charge in [0.2, 0.25) is 5.91 Å². The molecule has 2 aliphatic heterocycles. The van der Waals surface area contributed by atoms with Crippen LogP contribution in [0.25, 0.3) is 0 Å². The van der Waals surface area contributed by atoms with Gasteiger partial charge in [-0.05, 0) is 24.0 Å². The van der Waals surface area contributed by atoms with Crippen LogP contribution < -0.4 is 5.32 Å². The molecule has 2 aliphatic rings. The van der Waals surface area contributed by atoms with Gasteiger partial charge in [-0.2, -0.15) is 0 Å². The minimum atomic E-state index is -0.0438. The highest BCUT2D eigenvalue weighted by atomic mass is 16.2. The van der Waals surface area contributed by atoms with Crippen LogP contribution in [-0.4, -0.2) is 29.9 Å². The van der Waals surface area contributed by atoms with Gasteiger partial charge in [-0.1, -0.05) is 25.1 Å². The number of carbonyl (C=O) groups is 1. The fourth-order valence-electron chi connectivity index (χ4n) is 2.80. The molecule has 0 radical (unpaired) electrons. The summed E-state index contributed by atoms with van der Waals surface area (Å²) >= 11 is 0. The van der Waals surface area contributed by atoms with Gasteiger partial charge in [-0.15, -0.1) is 0 Å². The molecule has 2 heterocycles. The summed E-state index contributed by atoms with van der Waals surface area (Å²) in [7, 11) is 0. The van der Waals surface area contributed by atoms with E-state index in [1.54, 1.807) is 0 Å². The number of fused-ring (bicyclic) bond motifs is 1. The molecule has 3 heteroatoms. The van der Waals surface area contributed by atoms with Crippen LogP contribution in [0, 0.1) is 5.92 Å². The molecule has 0 saturated carbocycles. The van der Waals surface area contributed by atoms with Crippen LogP contribution in [0.15, 0.2) is 24.3 Å². The topological polar surface area (TPSA) is 32.3 Å². The van der Waals surface area contributed by atoms with E-state index in [4.69, 9.17) is 0 Å². The number of para-hydroxylation sites is 1. The molecular weight excluding hydrogens is 212 g/mol. The monoisotopic (exact) mass is 230 g/mol. The standard InChI is InChI=1S/C14H18N2O/c1-10-6-7-16(9-10)14(17)13-8-11-4-2-3-5-12(11)15-13/h2-5,10,13,15H,6-9H2,1H3/t10?,13-/m0/s1. The first-order chi connectivity index (χ1) is 8.24. The number of nitrogens with zero attached hydrogens (tertiary/aromatic N) is 1. The smallest absolute Gasteiger partial charge is 0.245 e. The van der Waals surface area contributed by atoms with Crippen LogP contribution in [0.5, 0.6) is 0 Å². The summed E-state index contributed by atoms with van der Waals surface area (Å²) < 4.78 is 0. The van der Waals surface area contributed by atoms with Crippen molar-refractivity contribution in [1.82, 2.24) is 4.90 Å². The van der Waals surface area contributed by atoms with Gasteiger partial charge in [-0.25, -0.2) is 0 Å². The van der Waals surface area contributed by atoms with Crippen LogP contribution in [0.2, 0.25) is 0 Å². The maximum absolute atomic E-state index is 12.3. The Balaban J connectivity index is 1.70. The summed E-state index contributed by atoms with van der Waals surface area (Å²) in [5, 5.41) is 3.33. The minimum absolute atomic E-state index is 0.0438. The first kappa shape index (κ1) is 10.6. The number of likely N-dealkylation sites (tertiary alicyclic amines) is 1. The largest absolute Gasteiger partial charge is 0.373 e. The molecular formula is C14H18N2O. The summed E-state index contributed by atoms with van der Waals surface area (Å²) in [6.07, 6.45) is 1.98. The first-order valence-corrected chi connectivity index (χ1v) is 6.37. The Kier molecular flexibility index (Phi) is 2.54. The van der Waals surface area contributed by atoms with Crippen molar-refractivity contribution in [1.29, 1.82) is 0 Å². The molecule has 90 valence electrons. The van der Waals surface area contributed by atoms with Crippen LogP contribution in [0.1, 0.15) is 18.9 Å². The number of hydrogen-bond acceptors (Lipinski definition) is 2. The predicted molar refractivity (Wildman–Crippen MR) is 67.9 cm³/mol. The third-order valence-corrected chi connectivity index (χ3v) is 3.80. The van der Waals surface area contributed by atoms with Crippen molar-refractivity contribution < 1.29 is 4.79 Å². The lowest BCUT2D eigenvalue weighted by atomic mass is 10.1. The average Bonchev–Trinajstić information content (AvgIpc) is 2.93. The van der Waals surface area contributed by atoms with E-state index < -0.39 is 0 Å². The normalized spacial score (nSPS) is 26.8. The molecule has 0 aromatic heterocycles. The van der Waals surface area contributed by atoms with Crippen molar-refractivity contribution in [3.63, 3.8) is 0 Å². The Morgan fingerprint density at radius 1 is 1.41 bits per heavy atom. The van der Waals surface area contributed by atoms with Crippen LogP contribution in [0.3, 0.4) is 0 Å². The van der Waals surface area contributed by atoms with E-state index in [9.17, 15) is 4.79 Å². The fourth-order valence-corrected chi connectivity index (χ4v) is 2.80. The Hall–Kier alpha value is -1.51. The van der Waals surface area contributed by atoms with Crippen molar-refractivity contribution in [3.8, 4) is 0 Å². The SMILES string of the molecule is CC1CCN(C(=O)[C@@H]2Cc3ccccc3N2)C1. The number of amides is 1. The summed E-state index contributed by atoms with van der Waals surface area (Å²) in [4.78, 5) is 14.3. The van der Waals surface area contributed by atoms with Crippen molar-refractivity contribution >= 4 is 11.6 Å². The number of rotatable bonds is 1. The number of carbonyl (C=O) groups excluding carboxylic acids is 1. The van der Waals surface area contributed by atoms with Gasteiger partial charge in [0.1, 0.15) is 6.04 Å². The van der Waals surface area contributed by atoms with Crippen molar-refractivity contribution in [3.05, 3.63) is 29.8 Å². The zero-order valence-electron chi connectivity index (χ0n) is 10.1. The summed E-state index contributed by atoms with van der Waals surface area (Å²) in [6.45, 7) is 4.06. The van der Waals surface area contributed by atoms with E-state index in [0.29, 0.717) is 5.92 Å². The van der Waals surface area contributed by atoms with Gasteiger partial charge in [0, 0.05) is 25.2 Å². The number of nitrogens with one attached hydrogen (secondary N) is 1. The highest BCUT2D eigenvalue weighted by Gasteiger charge is 2.32. The lowest BCUT2D eigenvalue weighted by Gasteiger charge is -2.20. The predicted octanol–water partition coefficient (Wildman–Crippen LogP) is 1.89.